The van der Waals surface area contributed by atoms with Crippen molar-refractivity contribution in [3.63, 3.8) is 0 Å². The van der Waals surface area contributed by atoms with Crippen molar-refractivity contribution in [2.75, 3.05) is 11.9 Å². The summed E-state index contributed by atoms with van der Waals surface area (Å²) in [4.78, 5) is 11.8. The Kier molecular flexibility index (Phi) is 6.02. The van der Waals surface area contributed by atoms with Crippen molar-refractivity contribution >= 4 is 11.6 Å². The molecular formula is C18H15F6NO2. The third-order valence-electron chi connectivity index (χ3n) is 3.46. The highest BCUT2D eigenvalue weighted by molar-refractivity contribution is 5.91. The Labute approximate surface area is 150 Å². The maximum atomic E-state index is 12.8. The maximum Gasteiger partial charge on any atom is 0.416 e. The Balaban J connectivity index is 2.05. The zero-order valence-electron chi connectivity index (χ0n) is 14.0. The molecule has 0 radical (unpaired) electrons. The predicted molar refractivity (Wildman–Crippen MR) is 86.4 cm³/mol. The normalized spacial score (nSPS) is 12.0. The van der Waals surface area contributed by atoms with Gasteiger partial charge in [-0.05, 0) is 42.8 Å². The first-order valence-corrected chi connectivity index (χ1v) is 7.74. The number of nitrogens with one attached hydrogen (secondary N) is 1. The summed E-state index contributed by atoms with van der Waals surface area (Å²) in [6.45, 7) is 1.76. The number of rotatable bonds is 5. The minimum Gasteiger partial charge on any atom is -0.493 e. The molecule has 0 heterocycles. The Hall–Kier alpha value is -2.71. The Morgan fingerprint density at radius 1 is 0.963 bits per heavy atom. The van der Waals surface area contributed by atoms with E-state index >= 15 is 0 Å². The molecule has 1 N–H and O–H groups in total. The first kappa shape index (κ1) is 20.6. The number of hydrogen-bond acceptors (Lipinski definition) is 2. The van der Waals surface area contributed by atoms with Gasteiger partial charge in [-0.2, -0.15) is 26.3 Å². The van der Waals surface area contributed by atoms with Crippen molar-refractivity contribution in [2.24, 2.45) is 0 Å². The van der Waals surface area contributed by atoms with Gasteiger partial charge < -0.3 is 10.1 Å². The number of hydrogen-bond donors (Lipinski definition) is 1. The number of ether oxygens (including phenoxy) is 1. The van der Waals surface area contributed by atoms with Gasteiger partial charge in [0, 0.05) is 5.69 Å². The Morgan fingerprint density at radius 2 is 1.56 bits per heavy atom. The van der Waals surface area contributed by atoms with E-state index in [1.807, 2.05) is 18.3 Å². The van der Waals surface area contributed by atoms with E-state index in [1.165, 1.54) is 0 Å². The summed E-state index contributed by atoms with van der Waals surface area (Å²) in [5.41, 5.74) is -2.65. The molecule has 9 heteroatoms. The molecule has 0 aromatic heterocycles. The monoisotopic (exact) mass is 391 g/mol. The largest absolute Gasteiger partial charge is 0.493 e. The van der Waals surface area contributed by atoms with Crippen LogP contribution in [0.4, 0.5) is 32.0 Å². The van der Waals surface area contributed by atoms with Crippen LogP contribution in [0.3, 0.4) is 0 Å². The molecule has 0 unspecified atom stereocenters. The minimum atomic E-state index is -4.98. The molecule has 0 aliphatic carbocycles. The lowest BCUT2D eigenvalue weighted by molar-refractivity contribution is -0.143. The number of amides is 1. The summed E-state index contributed by atoms with van der Waals surface area (Å²) < 4.78 is 82.1. The van der Waals surface area contributed by atoms with Gasteiger partial charge in [-0.3, -0.25) is 4.79 Å². The summed E-state index contributed by atoms with van der Waals surface area (Å²) in [5.74, 6) is -0.267. The SMILES string of the molecule is Cc1cccc(OCCC(=O)Nc2cc(C(F)(F)F)cc(C(F)(F)F)c2)c1. The van der Waals surface area contributed by atoms with E-state index in [4.69, 9.17) is 4.74 Å². The predicted octanol–water partition coefficient (Wildman–Crippen LogP) is 5.44. The molecule has 2 rings (SSSR count). The van der Waals surface area contributed by atoms with Crippen molar-refractivity contribution in [3.05, 3.63) is 59.2 Å². The molecule has 0 fully saturated rings. The van der Waals surface area contributed by atoms with Crippen LogP contribution in [0.2, 0.25) is 0 Å². The first-order chi connectivity index (χ1) is 12.4. The lowest BCUT2D eigenvalue weighted by atomic mass is 10.1. The molecule has 3 nitrogen and oxygen atoms in total. The average molecular weight is 391 g/mol. The zero-order chi connectivity index (χ0) is 20.2. The summed E-state index contributed by atoms with van der Waals surface area (Å²) in [6.07, 6.45) is -10.2. The lowest BCUT2D eigenvalue weighted by Gasteiger charge is -2.15. The molecule has 146 valence electrons. The van der Waals surface area contributed by atoms with E-state index in [9.17, 15) is 31.1 Å². The Bertz CT molecular complexity index is 782. The van der Waals surface area contributed by atoms with Gasteiger partial charge in [0.1, 0.15) is 5.75 Å². The van der Waals surface area contributed by atoms with Crippen LogP contribution < -0.4 is 10.1 Å². The molecule has 0 saturated carbocycles. The zero-order valence-corrected chi connectivity index (χ0v) is 14.0. The number of anilines is 1. The van der Waals surface area contributed by atoms with E-state index in [-0.39, 0.29) is 19.1 Å². The highest BCUT2D eigenvalue weighted by Gasteiger charge is 2.37. The van der Waals surface area contributed by atoms with Crippen LogP contribution >= 0.6 is 0 Å². The molecule has 0 atom stereocenters. The maximum absolute atomic E-state index is 12.8. The van der Waals surface area contributed by atoms with Gasteiger partial charge in [-0.25, -0.2) is 0 Å². The van der Waals surface area contributed by atoms with Gasteiger partial charge >= 0.3 is 12.4 Å². The highest BCUT2D eigenvalue weighted by atomic mass is 19.4. The van der Waals surface area contributed by atoms with Crippen LogP contribution in [0.5, 0.6) is 5.75 Å². The van der Waals surface area contributed by atoms with E-state index in [2.05, 4.69) is 0 Å². The van der Waals surface area contributed by atoms with Crippen LogP contribution in [-0.4, -0.2) is 12.5 Å². The summed E-state index contributed by atoms with van der Waals surface area (Å²) in [5, 5.41) is 2.05. The number of aryl methyl sites for hydroxylation is 1. The molecule has 0 aliphatic heterocycles. The summed E-state index contributed by atoms with van der Waals surface area (Å²) >= 11 is 0. The van der Waals surface area contributed by atoms with E-state index in [1.54, 1.807) is 18.2 Å². The molecule has 1 amide bonds. The van der Waals surface area contributed by atoms with E-state index < -0.39 is 35.1 Å². The second kappa shape index (κ2) is 7.89. The Morgan fingerprint density at radius 3 is 2.07 bits per heavy atom. The van der Waals surface area contributed by atoms with E-state index in [0.717, 1.165) is 5.56 Å². The number of carbonyl (C=O) groups is 1. The van der Waals surface area contributed by atoms with Gasteiger partial charge in [0.25, 0.3) is 0 Å². The van der Waals surface area contributed by atoms with Crippen LogP contribution in [-0.2, 0) is 17.1 Å². The molecule has 0 spiro atoms. The third-order valence-corrected chi connectivity index (χ3v) is 3.46. The van der Waals surface area contributed by atoms with Crippen LogP contribution in [0, 0.1) is 6.92 Å². The van der Waals surface area contributed by atoms with Crippen LogP contribution in [0.1, 0.15) is 23.1 Å². The lowest BCUT2D eigenvalue weighted by Crippen LogP contribution is -2.17. The molecular weight excluding hydrogens is 376 g/mol. The fraction of sp³-hybridized carbons (Fsp3) is 0.278. The molecule has 2 aromatic rings. The van der Waals surface area contributed by atoms with Gasteiger partial charge in [-0.1, -0.05) is 12.1 Å². The fourth-order valence-corrected chi connectivity index (χ4v) is 2.22. The summed E-state index contributed by atoms with van der Waals surface area (Å²) in [7, 11) is 0. The quantitative estimate of drug-likeness (QED) is 0.690. The van der Waals surface area contributed by atoms with Crippen LogP contribution in [0.15, 0.2) is 42.5 Å². The molecule has 27 heavy (non-hydrogen) atoms. The second-order valence-electron chi connectivity index (χ2n) is 5.76. The van der Waals surface area contributed by atoms with Crippen molar-refractivity contribution in [3.8, 4) is 5.75 Å². The standard InChI is InChI=1S/C18H15F6NO2/c1-11-3-2-4-15(7-11)27-6-5-16(26)25-14-9-12(17(19,20)21)8-13(10-14)18(22,23)24/h2-4,7-10H,5-6H2,1H3,(H,25,26). The third kappa shape index (κ3) is 6.19. The summed E-state index contributed by atoms with van der Waals surface area (Å²) in [6, 6.07) is 7.87. The van der Waals surface area contributed by atoms with Gasteiger partial charge in [-0.15, -0.1) is 0 Å². The average Bonchev–Trinajstić information content (AvgIpc) is 2.53. The highest BCUT2D eigenvalue weighted by Crippen LogP contribution is 2.37. The second-order valence-corrected chi connectivity index (χ2v) is 5.76. The fourth-order valence-electron chi connectivity index (χ4n) is 2.22. The molecule has 0 saturated heterocycles. The minimum absolute atomic E-state index is 0.00347. The van der Waals surface area contributed by atoms with Crippen molar-refractivity contribution in [1.82, 2.24) is 0 Å². The number of halogens is 6. The van der Waals surface area contributed by atoms with Gasteiger partial charge in [0.2, 0.25) is 5.91 Å². The topological polar surface area (TPSA) is 38.3 Å². The smallest absolute Gasteiger partial charge is 0.416 e. The van der Waals surface area contributed by atoms with Crippen molar-refractivity contribution < 1.29 is 35.9 Å². The van der Waals surface area contributed by atoms with Crippen molar-refractivity contribution in [1.29, 1.82) is 0 Å². The number of benzene rings is 2. The van der Waals surface area contributed by atoms with Gasteiger partial charge in [0.15, 0.2) is 0 Å². The molecule has 2 aromatic carbocycles. The van der Waals surface area contributed by atoms with Crippen LogP contribution in [0.25, 0.3) is 0 Å². The number of carbonyl (C=O) groups excluding carboxylic acids is 1. The van der Waals surface area contributed by atoms with Crippen molar-refractivity contribution in [2.45, 2.75) is 25.7 Å². The number of alkyl halides is 6. The molecule has 0 bridgehead atoms. The van der Waals surface area contributed by atoms with E-state index in [0.29, 0.717) is 17.9 Å². The van der Waals surface area contributed by atoms with Gasteiger partial charge in [0.05, 0.1) is 24.2 Å². The first-order valence-electron chi connectivity index (χ1n) is 7.74. The molecule has 0 aliphatic rings.